The monoisotopic (exact) mass is 326 g/mol. The molecule has 24 heavy (non-hydrogen) atoms. The van der Waals surface area contributed by atoms with E-state index in [-0.39, 0.29) is 5.78 Å². The molecule has 1 aliphatic rings. The largest absolute Gasteiger partial charge is 0.480 e. The lowest BCUT2D eigenvalue weighted by Crippen LogP contribution is -2.52. The Balaban J connectivity index is 1.74. The number of aromatic amines is 1. The predicted molar refractivity (Wildman–Crippen MR) is 87.0 cm³/mol. The molecule has 1 aromatic carbocycles. The number of nitrogens with one attached hydrogen (secondary N) is 2. The van der Waals surface area contributed by atoms with Crippen LogP contribution in [0.2, 0.25) is 0 Å². The van der Waals surface area contributed by atoms with E-state index in [4.69, 9.17) is 0 Å². The van der Waals surface area contributed by atoms with Gasteiger partial charge in [-0.2, -0.15) is 0 Å². The third-order valence-electron chi connectivity index (χ3n) is 4.49. The van der Waals surface area contributed by atoms with Crippen LogP contribution < -0.4 is 5.32 Å². The zero-order chi connectivity index (χ0) is 17.2. The second kappa shape index (κ2) is 6.31. The van der Waals surface area contributed by atoms with Crippen LogP contribution in [0.15, 0.2) is 42.7 Å². The van der Waals surface area contributed by atoms with E-state index < -0.39 is 17.4 Å². The second-order valence-electron chi connectivity index (χ2n) is 6.05. The number of hydrogen-bond acceptors (Lipinski definition) is 3. The van der Waals surface area contributed by atoms with Crippen LogP contribution >= 0.6 is 0 Å². The summed E-state index contributed by atoms with van der Waals surface area (Å²) in [5.41, 5.74) is 0.188. The molecule has 0 unspecified atom stereocenters. The van der Waals surface area contributed by atoms with Crippen molar-refractivity contribution >= 4 is 17.7 Å². The second-order valence-corrected chi connectivity index (χ2v) is 6.05. The third-order valence-corrected chi connectivity index (χ3v) is 4.49. The van der Waals surface area contributed by atoms with Gasteiger partial charge in [0.15, 0.2) is 5.78 Å². The van der Waals surface area contributed by atoms with Crippen LogP contribution in [0, 0.1) is 0 Å². The maximum Gasteiger partial charge on any atom is 0.329 e. The summed E-state index contributed by atoms with van der Waals surface area (Å²) >= 11 is 0. The van der Waals surface area contributed by atoms with Crippen LogP contribution in [0.5, 0.6) is 0 Å². The molecule has 0 aliphatic heterocycles. The van der Waals surface area contributed by atoms with E-state index in [0.717, 1.165) is 12.8 Å². The van der Waals surface area contributed by atoms with Crippen molar-refractivity contribution in [1.29, 1.82) is 0 Å². The summed E-state index contributed by atoms with van der Waals surface area (Å²) in [5, 5.41) is 12.1. The Bertz CT molecular complexity index is 757. The molecule has 124 valence electrons. The number of rotatable bonds is 5. The molecule has 0 bridgehead atoms. The van der Waals surface area contributed by atoms with Crippen LogP contribution in [0.4, 0.5) is 0 Å². The topological polar surface area (TPSA) is 99.3 Å². The minimum Gasteiger partial charge on any atom is -0.480 e. The van der Waals surface area contributed by atoms with E-state index >= 15 is 0 Å². The van der Waals surface area contributed by atoms with Gasteiger partial charge in [-0.3, -0.25) is 9.59 Å². The molecular weight excluding hydrogens is 308 g/mol. The van der Waals surface area contributed by atoms with Crippen LogP contribution in [0.3, 0.4) is 0 Å². The molecule has 3 rings (SSSR count). The molecule has 0 spiro atoms. The van der Waals surface area contributed by atoms with Gasteiger partial charge >= 0.3 is 5.97 Å². The van der Waals surface area contributed by atoms with Crippen molar-refractivity contribution in [1.82, 2.24) is 10.3 Å². The number of carbonyl (C=O) groups excluding carboxylic acids is 2. The third kappa shape index (κ3) is 2.95. The molecule has 1 amide bonds. The van der Waals surface area contributed by atoms with Crippen molar-refractivity contribution in [3.8, 4) is 0 Å². The van der Waals surface area contributed by atoms with E-state index in [2.05, 4.69) is 10.3 Å². The number of benzene rings is 1. The standard InChI is InChI=1S/C18H18N2O4/c21-15(14-7-10-19-11-14)12-3-5-13(6-4-12)16(22)20-18(17(23)24)8-1-2-9-18/h3-7,10-11,19H,1-2,8-9H2,(H,20,22)(H,23,24). The van der Waals surface area contributed by atoms with Gasteiger partial charge in [-0.05, 0) is 31.0 Å². The zero-order valence-corrected chi connectivity index (χ0v) is 13.0. The molecular formula is C18H18N2O4. The Kier molecular flexibility index (Phi) is 4.20. The van der Waals surface area contributed by atoms with Gasteiger partial charge in [-0.25, -0.2) is 4.79 Å². The average molecular weight is 326 g/mol. The zero-order valence-electron chi connectivity index (χ0n) is 13.0. The summed E-state index contributed by atoms with van der Waals surface area (Å²) in [4.78, 5) is 38.9. The number of aliphatic carboxylic acids is 1. The molecule has 1 fully saturated rings. The highest BCUT2D eigenvalue weighted by molar-refractivity contribution is 6.09. The van der Waals surface area contributed by atoms with Crippen molar-refractivity contribution in [2.24, 2.45) is 0 Å². The summed E-state index contributed by atoms with van der Waals surface area (Å²) in [6.07, 6.45) is 5.74. The summed E-state index contributed by atoms with van der Waals surface area (Å²) in [5.74, 6) is -1.56. The lowest BCUT2D eigenvalue weighted by atomic mass is 9.97. The van der Waals surface area contributed by atoms with E-state index in [1.807, 2.05) is 0 Å². The normalized spacial score (nSPS) is 15.8. The summed E-state index contributed by atoms with van der Waals surface area (Å²) in [6.45, 7) is 0. The number of ketones is 1. The average Bonchev–Trinajstić information content (AvgIpc) is 3.26. The van der Waals surface area contributed by atoms with Gasteiger partial charge in [0, 0.05) is 29.1 Å². The molecule has 6 heteroatoms. The molecule has 1 heterocycles. The van der Waals surface area contributed by atoms with Crippen molar-refractivity contribution in [2.45, 2.75) is 31.2 Å². The number of aromatic nitrogens is 1. The van der Waals surface area contributed by atoms with Crippen LogP contribution in [0.1, 0.15) is 52.0 Å². The molecule has 2 aromatic rings. The fourth-order valence-electron chi connectivity index (χ4n) is 3.07. The van der Waals surface area contributed by atoms with Gasteiger partial charge in [-0.15, -0.1) is 0 Å². The summed E-state index contributed by atoms with van der Waals surface area (Å²) < 4.78 is 0. The van der Waals surface area contributed by atoms with Crippen LogP contribution in [0.25, 0.3) is 0 Å². The molecule has 6 nitrogen and oxygen atoms in total. The first-order valence-electron chi connectivity index (χ1n) is 7.85. The number of carboxylic acid groups (broad SMARTS) is 1. The number of carboxylic acids is 1. The fourth-order valence-corrected chi connectivity index (χ4v) is 3.07. The Morgan fingerprint density at radius 1 is 0.958 bits per heavy atom. The molecule has 0 saturated heterocycles. The van der Waals surface area contributed by atoms with Gasteiger partial charge < -0.3 is 15.4 Å². The Hall–Kier alpha value is -2.89. The molecule has 1 saturated carbocycles. The highest BCUT2D eigenvalue weighted by Gasteiger charge is 2.42. The number of carbonyl (C=O) groups is 3. The Labute approximate surface area is 138 Å². The van der Waals surface area contributed by atoms with Crippen molar-refractivity contribution in [3.05, 3.63) is 59.4 Å². The van der Waals surface area contributed by atoms with Gasteiger partial charge in [0.1, 0.15) is 5.54 Å². The van der Waals surface area contributed by atoms with E-state index in [0.29, 0.717) is 29.5 Å². The molecule has 1 aliphatic carbocycles. The lowest BCUT2D eigenvalue weighted by Gasteiger charge is -2.25. The van der Waals surface area contributed by atoms with Crippen molar-refractivity contribution in [3.63, 3.8) is 0 Å². The number of amides is 1. The molecule has 3 N–H and O–H groups in total. The van der Waals surface area contributed by atoms with Crippen LogP contribution in [-0.4, -0.2) is 33.3 Å². The van der Waals surface area contributed by atoms with E-state index in [1.165, 1.54) is 0 Å². The van der Waals surface area contributed by atoms with E-state index in [1.54, 1.807) is 42.7 Å². The van der Waals surface area contributed by atoms with Gasteiger partial charge in [0.05, 0.1) is 0 Å². The van der Waals surface area contributed by atoms with Crippen molar-refractivity contribution in [2.75, 3.05) is 0 Å². The van der Waals surface area contributed by atoms with Crippen molar-refractivity contribution < 1.29 is 19.5 Å². The first kappa shape index (κ1) is 16.0. The maximum atomic E-state index is 12.4. The van der Waals surface area contributed by atoms with Gasteiger partial charge in [-0.1, -0.05) is 25.0 Å². The Morgan fingerprint density at radius 2 is 1.58 bits per heavy atom. The fraction of sp³-hybridized carbons (Fsp3) is 0.278. The molecule has 0 atom stereocenters. The maximum absolute atomic E-state index is 12.4. The predicted octanol–water partition coefficient (Wildman–Crippen LogP) is 2.37. The highest BCUT2D eigenvalue weighted by atomic mass is 16.4. The SMILES string of the molecule is O=C(NC1(C(=O)O)CCCC1)c1ccc(C(=O)c2cc[nH]c2)cc1. The first-order chi connectivity index (χ1) is 11.5. The Morgan fingerprint density at radius 3 is 2.12 bits per heavy atom. The summed E-state index contributed by atoms with van der Waals surface area (Å²) in [6, 6.07) is 7.91. The highest BCUT2D eigenvalue weighted by Crippen LogP contribution is 2.30. The molecule has 0 radical (unpaired) electrons. The van der Waals surface area contributed by atoms with E-state index in [9.17, 15) is 19.5 Å². The lowest BCUT2D eigenvalue weighted by molar-refractivity contribution is -0.144. The minimum atomic E-state index is -1.17. The molecule has 1 aromatic heterocycles. The quantitative estimate of drug-likeness (QED) is 0.735. The summed E-state index contributed by atoms with van der Waals surface area (Å²) in [7, 11) is 0. The number of hydrogen-bond donors (Lipinski definition) is 3. The van der Waals surface area contributed by atoms with Gasteiger partial charge in [0.2, 0.25) is 0 Å². The first-order valence-corrected chi connectivity index (χ1v) is 7.85. The number of H-pyrrole nitrogens is 1. The van der Waals surface area contributed by atoms with Gasteiger partial charge in [0.25, 0.3) is 5.91 Å². The van der Waals surface area contributed by atoms with Crippen LogP contribution in [-0.2, 0) is 4.79 Å². The smallest absolute Gasteiger partial charge is 0.329 e. The minimum absolute atomic E-state index is 0.138.